The van der Waals surface area contributed by atoms with Gasteiger partial charge in [-0.1, -0.05) is 31.2 Å². The molecule has 3 heterocycles. The monoisotopic (exact) mass is 311 g/mol. The molecule has 0 aliphatic carbocycles. The van der Waals surface area contributed by atoms with Crippen molar-refractivity contribution in [1.82, 2.24) is 9.88 Å². The number of hydrogen-bond acceptors (Lipinski definition) is 3. The highest BCUT2D eigenvalue weighted by Gasteiger charge is 2.51. The third kappa shape index (κ3) is 1.78. The van der Waals surface area contributed by atoms with Crippen molar-refractivity contribution in [3.63, 3.8) is 0 Å². The molecule has 0 bridgehead atoms. The Balaban J connectivity index is 1.98. The Bertz CT molecular complexity index is 748. The number of pyridine rings is 1. The Hall–Kier alpha value is -2.01. The minimum absolute atomic E-state index is 0.0226. The summed E-state index contributed by atoms with van der Waals surface area (Å²) in [6.45, 7) is 2.90. The molecule has 1 atom stereocenters. The van der Waals surface area contributed by atoms with E-state index in [1.54, 1.807) is 6.20 Å². The number of nitrogens with zero attached hydrogens (tertiary/aromatic N) is 2. The van der Waals surface area contributed by atoms with Crippen LogP contribution in [0.3, 0.4) is 0 Å². The maximum Gasteiger partial charge on any atom is 0.323 e. The maximum atomic E-state index is 12.6. The van der Waals surface area contributed by atoms with Gasteiger partial charge < -0.3 is 10.2 Å². The summed E-state index contributed by atoms with van der Waals surface area (Å²) in [5.74, 6) is 0.929. The first-order valence-electron chi connectivity index (χ1n) is 7.52. The van der Waals surface area contributed by atoms with E-state index in [0.717, 1.165) is 30.0 Å². The van der Waals surface area contributed by atoms with Gasteiger partial charge in [0.15, 0.2) is 0 Å². The van der Waals surface area contributed by atoms with E-state index in [0.29, 0.717) is 0 Å². The van der Waals surface area contributed by atoms with Gasteiger partial charge in [-0.2, -0.15) is 0 Å². The SMILES string of the molecule is CCc1cccc(C23SCCN2C(=O)Nc2ccncc23)c1. The number of benzene rings is 1. The largest absolute Gasteiger partial charge is 0.323 e. The van der Waals surface area contributed by atoms with Crippen LogP contribution in [0, 0.1) is 0 Å². The number of carbonyl (C=O) groups is 1. The number of amides is 2. The number of hydrogen-bond donors (Lipinski definition) is 1. The molecule has 2 aromatic rings. The average molecular weight is 311 g/mol. The van der Waals surface area contributed by atoms with Gasteiger partial charge in [0.1, 0.15) is 4.87 Å². The number of anilines is 1. The summed E-state index contributed by atoms with van der Waals surface area (Å²) in [4.78, 5) is 18.4. The van der Waals surface area contributed by atoms with Crippen molar-refractivity contribution in [3.8, 4) is 0 Å². The van der Waals surface area contributed by atoms with Gasteiger partial charge in [0.2, 0.25) is 0 Å². The van der Waals surface area contributed by atoms with Crippen LogP contribution in [0.25, 0.3) is 0 Å². The fourth-order valence-corrected chi connectivity index (χ4v) is 4.85. The molecule has 1 saturated heterocycles. The fraction of sp³-hybridized carbons (Fsp3) is 0.294. The molecule has 1 aromatic carbocycles. The Labute approximate surface area is 133 Å². The number of fused-ring (bicyclic) bond motifs is 3. The molecule has 0 saturated carbocycles. The van der Waals surface area contributed by atoms with Crippen LogP contribution in [0.2, 0.25) is 0 Å². The Morgan fingerprint density at radius 2 is 2.32 bits per heavy atom. The van der Waals surface area contributed by atoms with Crippen LogP contribution in [-0.4, -0.2) is 28.2 Å². The summed E-state index contributed by atoms with van der Waals surface area (Å²) >= 11 is 1.82. The van der Waals surface area contributed by atoms with E-state index in [-0.39, 0.29) is 6.03 Å². The molecule has 0 radical (unpaired) electrons. The zero-order valence-electron chi connectivity index (χ0n) is 12.4. The molecule has 2 amide bonds. The summed E-state index contributed by atoms with van der Waals surface area (Å²) in [6, 6.07) is 10.4. The van der Waals surface area contributed by atoms with Crippen LogP contribution in [0.1, 0.15) is 23.6 Å². The summed E-state index contributed by atoms with van der Waals surface area (Å²) < 4.78 is 0. The Morgan fingerprint density at radius 3 is 3.18 bits per heavy atom. The van der Waals surface area contributed by atoms with E-state index < -0.39 is 4.87 Å². The molecule has 5 heteroatoms. The van der Waals surface area contributed by atoms with Crippen LogP contribution >= 0.6 is 11.8 Å². The van der Waals surface area contributed by atoms with E-state index in [4.69, 9.17) is 0 Å². The van der Waals surface area contributed by atoms with Crippen LogP contribution in [-0.2, 0) is 11.3 Å². The van der Waals surface area contributed by atoms with Gasteiger partial charge in [-0.05, 0) is 23.6 Å². The number of aryl methyl sites for hydroxylation is 1. The van der Waals surface area contributed by atoms with Crippen molar-refractivity contribution in [2.24, 2.45) is 0 Å². The highest BCUT2D eigenvalue weighted by molar-refractivity contribution is 8.00. The molecule has 4 nitrogen and oxygen atoms in total. The zero-order valence-corrected chi connectivity index (χ0v) is 13.2. The minimum Gasteiger partial charge on any atom is -0.307 e. The second-order valence-corrected chi connectivity index (χ2v) is 6.84. The number of thioether (sulfide) groups is 1. The molecule has 4 rings (SSSR count). The molecule has 0 spiro atoms. The number of carbonyl (C=O) groups excluding carboxylic acids is 1. The molecular weight excluding hydrogens is 294 g/mol. The quantitative estimate of drug-likeness (QED) is 0.924. The number of urea groups is 1. The molecular formula is C17H17N3OS. The zero-order chi connectivity index (χ0) is 15.2. The van der Waals surface area contributed by atoms with Gasteiger partial charge in [0, 0.05) is 30.3 Å². The smallest absolute Gasteiger partial charge is 0.307 e. The van der Waals surface area contributed by atoms with E-state index in [1.807, 2.05) is 28.9 Å². The highest BCUT2D eigenvalue weighted by atomic mass is 32.2. The topological polar surface area (TPSA) is 45.2 Å². The van der Waals surface area contributed by atoms with E-state index in [1.165, 1.54) is 11.1 Å². The van der Waals surface area contributed by atoms with E-state index >= 15 is 0 Å². The lowest BCUT2D eigenvalue weighted by Crippen LogP contribution is -2.50. The lowest BCUT2D eigenvalue weighted by molar-refractivity contribution is 0.195. The molecule has 22 heavy (non-hydrogen) atoms. The van der Waals surface area contributed by atoms with Crippen molar-refractivity contribution < 1.29 is 4.79 Å². The normalized spacial score (nSPS) is 23.0. The van der Waals surface area contributed by atoms with Crippen molar-refractivity contribution in [1.29, 1.82) is 0 Å². The first kappa shape index (κ1) is 13.6. The predicted octanol–water partition coefficient (Wildman–Crippen LogP) is 3.44. The van der Waals surface area contributed by atoms with E-state index in [9.17, 15) is 4.79 Å². The standard InChI is InChI=1S/C17H17N3OS/c1-2-12-4-3-5-13(10-12)17-14-11-18-7-6-15(14)19-16(21)20(17)8-9-22-17/h3-7,10-11H,2,8-9H2,1H3,(H,19,21). The maximum absolute atomic E-state index is 12.6. The molecule has 1 unspecified atom stereocenters. The van der Waals surface area contributed by atoms with Crippen molar-refractivity contribution in [2.75, 3.05) is 17.6 Å². The first-order chi connectivity index (χ1) is 10.8. The summed E-state index contributed by atoms with van der Waals surface area (Å²) in [5, 5.41) is 2.99. The molecule has 2 aliphatic heterocycles. The highest BCUT2D eigenvalue weighted by Crippen LogP contribution is 2.53. The third-order valence-electron chi connectivity index (χ3n) is 4.41. The van der Waals surface area contributed by atoms with Gasteiger partial charge in [0.05, 0.1) is 5.69 Å². The van der Waals surface area contributed by atoms with Gasteiger partial charge in [-0.15, -0.1) is 11.8 Å². The average Bonchev–Trinajstić information content (AvgIpc) is 3.02. The van der Waals surface area contributed by atoms with Crippen molar-refractivity contribution in [3.05, 3.63) is 59.4 Å². The molecule has 1 aromatic heterocycles. The van der Waals surface area contributed by atoms with Gasteiger partial charge in [0.25, 0.3) is 0 Å². The van der Waals surface area contributed by atoms with Gasteiger partial charge >= 0.3 is 6.03 Å². The lowest BCUT2D eigenvalue weighted by atomic mass is 9.93. The first-order valence-corrected chi connectivity index (χ1v) is 8.51. The minimum atomic E-state index is -0.447. The molecule has 2 aliphatic rings. The second kappa shape index (κ2) is 5.02. The van der Waals surface area contributed by atoms with Crippen LogP contribution in [0.15, 0.2) is 42.7 Å². The lowest BCUT2D eigenvalue weighted by Gasteiger charge is -2.42. The number of rotatable bonds is 2. The molecule has 1 N–H and O–H groups in total. The molecule has 1 fully saturated rings. The Kier molecular flexibility index (Phi) is 3.11. The third-order valence-corrected chi connectivity index (χ3v) is 5.89. The summed E-state index contributed by atoms with van der Waals surface area (Å²) in [6.07, 6.45) is 4.60. The van der Waals surface area contributed by atoms with Gasteiger partial charge in [-0.25, -0.2) is 4.79 Å². The summed E-state index contributed by atoms with van der Waals surface area (Å²) in [5.41, 5.74) is 4.40. The summed E-state index contributed by atoms with van der Waals surface area (Å²) in [7, 11) is 0. The number of aromatic nitrogens is 1. The Morgan fingerprint density at radius 1 is 1.41 bits per heavy atom. The predicted molar refractivity (Wildman–Crippen MR) is 89.0 cm³/mol. The van der Waals surface area contributed by atoms with Gasteiger partial charge in [-0.3, -0.25) is 4.98 Å². The molecule has 112 valence electrons. The van der Waals surface area contributed by atoms with Crippen LogP contribution in [0.5, 0.6) is 0 Å². The van der Waals surface area contributed by atoms with E-state index in [2.05, 4.69) is 41.5 Å². The second-order valence-electron chi connectivity index (χ2n) is 5.55. The van der Waals surface area contributed by atoms with Crippen molar-refractivity contribution >= 4 is 23.5 Å². The van der Waals surface area contributed by atoms with Crippen LogP contribution < -0.4 is 5.32 Å². The fourth-order valence-electron chi connectivity index (χ4n) is 3.34. The number of nitrogens with one attached hydrogen (secondary N) is 1. The van der Waals surface area contributed by atoms with Crippen molar-refractivity contribution in [2.45, 2.75) is 18.2 Å². The van der Waals surface area contributed by atoms with Crippen LogP contribution in [0.4, 0.5) is 10.5 Å².